The Labute approximate surface area is 74.1 Å². The van der Waals surface area contributed by atoms with E-state index in [0.717, 1.165) is 10.9 Å². The fourth-order valence-corrected chi connectivity index (χ4v) is 1.32. The molecule has 3 nitrogen and oxygen atoms in total. The largest absolute Gasteiger partial charge is 0.316 e. The predicted octanol–water partition coefficient (Wildman–Crippen LogP) is 2.08. The molecule has 2 aromatic rings. The Morgan fingerprint density at radius 3 is 3.08 bits per heavy atom. The van der Waals surface area contributed by atoms with Gasteiger partial charge in [-0.2, -0.15) is 0 Å². The van der Waals surface area contributed by atoms with Crippen LogP contribution in [0.4, 0.5) is 10.9 Å². The molecule has 0 saturated carbocycles. The lowest BCUT2D eigenvalue weighted by Crippen LogP contribution is -1.90. The summed E-state index contributed by atoms with van der Waals surface area (Å²) in [6.07, 6.45) is 3.37. The van der Waals surface area contributed by atoms with Crippen LogP contribution >= 0.6 is 11.3 Å². The summed E-state index contributed by atoms with van der Waals surface area (Å²) in [7, 11) is 0. The second-order valence-corrected chi connectivity index (χ2v) is 3.00. The lowest BCUT2D eigenvalue weighted by atomic mass is 10.5. The molecule has 0 amide bonds. The number of hydrogen-bond acceptors (Lipinski definition) is 4. The lowest BCUT2D eigenvalue weighted by Gasteiger charge is -1.98. The molecule has 0 aliphatic rings. The molecule has 0 aromatic carbocycles. The molecule has 0 aliphatic carbocycles. The van der Waals surface area contributed by atoms with Crippen LogP contribution in [0.5, 0.6) is 0 Å². The Kier molecular flexibility index (Phi) is 2.00. The van der Waals surface area contributed by atoms with Gasteiger partial charge >= 0.3 is 0 Å². The number of anilines is 2. The van der Waals surface area contributed by atoms with E-state index in [1.165, 1.54) is 0 Å². The van der Waals surface area contributed by atoms with E-state index in [-0.39, 0.29) is 0 Å². The number of aromatic nitrogens is 2. The number of nitrogens with zero attached hydrogens (tertiary/aromatic N) is 2. The zero-order valence-electron chi connectivity index (χ0n) is 6.19. The first-order valence-corrected chi connectivity index (χ1v) is 4.32. The maximum absolute atomic E-state index is 4.07. The fourth-order valence-electron chi connectivity index (χ4n) is 0.789. The monoisotopic (exact) mass is 176 g/mol. The zero-order valence-corrected chi connectivity index (χ0v) is 7.01. The van der Waals surface area contributed by atoms with Crippen molar-refractivity contribution in [3.63, 3.8) is 0 Å². The van der Waals surface area contributed by atoms with Gasteiger partial charge in [0.2, 0.25) is 0 Å². The Morgan fingerprint density at radius 2 is 2.42 bits per heavy atom. The van der Waals surface area contributed by atoms with E-state index in [0.29, 0.717) is 0 Å². The molecule has 59 valence electrons. The molecule has 0 aliphatic heterocycles. The average molecular weight is 176 g/mol. The van der Waals surface area contributed by atoms with Crippen LogP contribution in [0.1, 0.15) is 0 Å². The Balaban J connectivity index is 2.15. The van der Waals surface area contributed by atoms with Crippen LogP contribution in [0, 0.1) is 6.07 Å². The van der Waals surface area contributed by atoms with Gasteiger partial charge < -0.3 is 5.32 Å². The van der Waals surface area contributed by atoms with Crippen molar-refractivity contribution in [3.8, 4) is 0 Å². The summed E-state index contributed by atoms with van der Waals surface area (Å²) in [5.74, 6) is 0.795. The minimum absolute atomic E-state index is 0.795. The summed E-state index contributed by atoms with van der Waals surface area (Å²) < 4.78 is 0. The summed E-state index contributed by atoms with van der Waals surface area (Å²) in [6.45, 7) is 0. The van der Waals surface area contributed by atoms with Crippen LogP contribution in [-0.2, 0) is 0 Å². The molecular formula is C8H6N3S. The number of rotatable bonds is 2. The normalized spacial score (nSPS) is 9.67. The van der Waals surface area contributed by atoms with E-state index in [9.17, 15) is 0 Å². The molecule has 2 aromatic heterocycles. The van der Waals surface area contributed by atoms with E-state index < -0.39 is 0 Å². The maximum Gasteiger partial charge on any atom is 0.188 e. The van der Waals surface area contributed by atoms with Crippen molar-refractivity contribution in [3.05, 3.63) is 36.0 Å². The van der Waals surface area contributed by atoms with Gasteiger partial charge in [0.05, 0.1) is 0 Å². The van der Waals surface area contributed by atoms with Crippen molar-refractivity contribution in [2.24, 2.45) is 0 Å². The summed E-state index contributed by atoms with van der Waals surface area (Å²) >= 11 is 1.55. The smallest absolute Gasteiger partial charge is 0.188 e. The van der Waals surface area contributed by atoms with E-state index in [1.54, 1.807) is 23.7 Å². The highest BCUT2D eigenvalue weighted by Crippen LogP contribution is 2.15. The van der Waals surface area contributed by atoms with Crippen molar-refractivity contribution in [2.75, 3.05) is 5.32 Å². The third-order valence-electron chi connectivity index (χ3n) is 1.28. The molecule has 0 unspecified atom stereocenters. The highest BCUT2D eigenvalue weighted by atomic mass is 32.1. The standard InChI is InChI=1S/C8H6N3S/c1-2-4-9-7(3-1)11-8-10-5-6-12-8/h1,3-6H,(H,9,10,11). The van der Waals surface area contributed by atoms with Crippen LogP contribution < -0.4 is 5.32 Å². The van der Waals surface area contributed by atoms with Crippen molar-refractivity contribution < 1.29 is 0 Å². The van der Waals surface area contributed by atoms with Crippen LogP contribution in [0.2, 0.25) is 0 Å². The van der Waals surface area contributed by atoms with Gasteiger partial charge in [-0.3, -0.25) is 0 Å². The highest BCUT2D eigenvalue weighted by molar-refractivity contribution is 7.13. The van der Waals surface area contributed by atoms with Gasteiger partial charge in [0.25, 0.3) is 0 Å². The van der Waals surface area contributed by atoms with E-state index in [2.05, 4.69) is 21.4 Å². The average Bonchev–Trinajstić information content (AvgIpc) is 2.59. The van der Waals surface area contributed by atoms with Crippen LogP contribution in [-0.4, -0.2) is 9.97 Å². The first-order chi connectivity index (χ1) is 5.95. The predicted molar refractivity (Wildman–Crippen MR) is 48.5 cm³/mol. The zero-order chi connectivity index (χ0) is 8.23. The Hall–Kier alpha value is -1.42. The third-order valence-corrected chi connectivity index (χ3v) is 1.97. The summed E-state index contributed by atoms with van der Waals surface area (Å²) in [5, 5.41) is 5.83. The molecule has 2 heterocycles. The number of hydrogen-bond donors (Lipinski definition) is 1. The molecule has 4 heteroatoms. The van der Waals surface area contributed by atoms with Crippen LogP contribution in [0.3, 0.4) is 0 Å². The molecule has 0 bridgehead atoms. The number of thiazole rings is 1. The highest BCUT2D eigenvalue weighted by Gasteiger charge is 1.94. The first-order valence-electron chi connectivity index (χ1n) is 3.44. The molecule has 0 atom stereocenters. The first kappa shape index (κ1) is 7.24. The van der Waals surface area contributed by atoms with Crippen molar-refractivity contribution in [1.82, 2.24) is 9.97 Å². The molecule has 1 N–H and O–H groups in total. The molecule has 0 spiro atoms. The van der Waals surface area contributed by atoms with Gasteiger partial charge in [0, 0.05) is 23.8 Å². The van der Waals surface area contributed by atoms with Crippen LogP contribution in [0.25, 0.3) is 0 Å². The van der Waals surface area contributed by atoms with E-state index in [4.69, 9.17) is 0 Å². The van der Waals surface area contributed by atoms with E-state index >= 15 is 0 Å². The lowest BCUT2D eigenvalue weighted by molar-refractivity contribution is 1.28. The molecule has 0 fully saturated rings. The minimum Gasteiger partial charge on any atom is -0.316 e. The van der Waals surface area contributed by atoms with Crippen molar-refractivity contribution in [1.29, 1.82) is 0 Å². The third kappa shape index (κ3) is 1.60. The molecule has 12 heavy (non-hydrogen) atoms. The van der Waals surface area contributed by atoms with Crippen molar-refractivity contribution >= 4 is 22.3 Å². The Morgan fingerprint density at radius 1 is 1.42 bits per heavy atom. The minimum atomic E-state index is 0.795. The molecular weight excluding hydrogens is 170 g/mol. The summed E-state index contributed by atoms with van der Waals surface area (Å²) in [6, 6.07) is 6.50. The van der Waals surface area contributed by atoms with Gasteiger partial charge in [-0.15, -0.1) is 11.3 Å². The maximum atomic E-state index is 4.07. The Bertz CT molecular complexity index is 330. The number of pyridine rings is 1. The van der Waals surface area contributed by atoms with Gasteiger partial charge in [-0.05, 0) is 12.1 Å². The fraction of sp³-hybridized carbons (Fsp3) is 0. The van der Waals surface area contributed by atoms with Crippen LogP contribution in [0.15, 0.2) is 29.9 Å². The van der Waals surface area contributed by atoms with E-state index in [1.807, 2.05) is 17.5 Å². The van der Waals surface area contributed by atoms with Gasteiger partial charge in [-0.1, -0.05) is 0 Å². The quantitative estimate of drug-likeness (QED) is 0.761. The molecule has 2 rings (SSSR count). The van der Waals surface area contributed by atoms with Gasteiger partial charge in [0.15, 0.2) is 5.13 Å². The van der Waals surface area contributed by atoms with Gasteiger partial charge in [-0.25, -0.2) is 9.97 Å². The molecule has 1 radical (unpaired) electrons. The van der Waals surface area contributed by atoms with Gasteiger partial charge in [0.1, 0.15) is 5.82 Å². The summed E-state index contributed by atoms with van der Waals surface area (Å²) in [4.78, 5) is 8.12. The second-order valence-electron chi connectivity index (χ2n) is 2.11. The SMILES string of the molecule is [c]1ccc(Nc2nccs2)nc1. The summed E-state index contributed by atoms with van der Waals surface area (Å²) in [5.41, 5.74) is 0. The van der Waals surface area contributed by atoms with Crippen molar-refractivity contribution in [2.45, 2.75) is 0 Å². The second kappa shape index (κ2) is 3.32. The molecule has 0 saturated heterocycles. The topological polar surface area (TPSA) is 37.8 Å². The number of nitrogens with one attached hydrogen (secondary N) is 1.